The van der Waals surface area contributed by atoms with Crippen molar-refractivity contribution in [3.05, 3.63) is 44.0 Å². The molecule has 2 rings (SSSR count). The van der Waals surface area contributed by atoms with Gasteiger partial charge in [0, 0.05) is 18.7 Å². The third-order valence-corrected chi connectivity index (χ3v) is 3.64. The zero-order valence-electron chi connectivity index (χ0n) is 12.8. The van der Waals surface area contributed by atoms with Gasteiger partial charge < -0.3 is 9.64 Å². The molecular weight excluding hydrogens is 322 g/mol. The van der Waals surface area contributed by atoms with Crippen LogP contribution in [0.25, 0.3) is 0 Å². The van der Waals surface area contributed by atoms with Crippen LogP contribution in [0.2, 0.25) is 0 Å². The minimum absolute atomic E-state index is 0.166. The third kappa shape index (κ3) is 3.47. The molecule has 24 heavy (non-hydrogen) atoms. The molecule has 10 heteroatoms. The van der Waals surface area contributed by atoms with Crippen molar-refractivity contribution in [2.75, 3.05) is 13.2 Å². The molecule has 1 amide bonds. The maximum Gasteiger partial charge on any atom is 0.328 e. The van der Waals surface area contributed by atoms with Gasteiger partial charge in [-0.15, -0.1) is 0 Å². The zero-order valence-corrected chi connectivity index (χ0v) is 12.8. The summed E-state index contributed by atoms with van der Waals surface area (Å²) in [6.07, 6.45) is 0.994. The summed E-state index contributed by atoms with van der Waals surface area (Å²) in [5.41, 5.74) is -1.31. The van der Waals surface area contributed by atoms with E-state index in [0.29, 0.717) is 12.8 Å². The number of hydrogen-bond acceptors (Lipinski definition) is 7. The number of nitro benzene ring substituents is 2. The van der Waals surface area contributed by atoms with E-state index in [-0.39, 0.29) is 18.7 Å². The maximum atomic E-state index is 12.6. The summed E-state index contributed by atoms with van der Waals surface area (Å²) in [5, 5.41) is 21.8. The van der Waals surface area contributed by atoms with Crippen molar-refractivity contribution in [1.82, 2.24) is 4.90 Å². The molecule has 0 N–H and O–H groups in total. The van der Waals surface area contributed by atoms with Crippen LogP contribution in [-0.4, -0.2) is 45.8 Å². The van der Waals surface area contributed by atoms with E-state index in [9.17, 15) is 29.8 Å². The SMILES string of the molecule is CCOC(=O)C1CCCN1C(=O)c1cc([N+](=O)[O-])cc([N+](=O)[O-])c1. The van der Waals surface area contributed by atoms with Crippen molar-refractivity contribution in [3.8, 4) is 0 Å². The van der Waals surface area contributed by atoms with E-state index in [1.807, 2.05) is 0 Å². The Morgan fingerprint density at radius 1 is 1.21 bits per heavy atom. The lowest BCUT2D eigenvalue weighted by molar-refractivity contribution is -0.394. The molecule has 1 saturated heterocycles. The minimum atomic E-state index is -0.809. The standard InChI is InChI=1S/C14H15N3O7/c1-2-24-14(19)12-4-3-5-15(12)13(18)9-6-10(16(20)21)8-11(7-9)17(22)23/h6-8,12H,2-5H2,1H3. The van der Waals surface area contributed by atoms with Crippen LogP contribution in [0.4, 0.5) is 11.4 Å². The second kappa shape index (κ2) is 7.02. The van der Waals surface area contributed by atoms with Crippen LogP contribution in [0.3, 0.4) is 0 Å². The summed E-state index contributed by atoms with van der Waals surface area (Å²) in [7, 11) is 0. The van der Waals surface area contributed by atoms with Crippen LogP contribution in [0.15, 0.2) is 18.2 Å². The molecule has 0 aliphatic carbocycles. The number of carbonyl (C=O) groups excluding carboxylic acids is 2. The van der Waals surface area contributed by atoms with Gasteiger partial charge in [-0.1, -0.05) is 0 Å². The fourth-order valence-electron chi connectivity index (χ4n) is 2.59. The van der Waals surface area contributed by atoms with E-state index >= 15 is 0 Å². The van der Waals surface area contributed by atoms with Gasteiger partial charge >= 0.3 is 5.97 Å². The van der Waals surface area contributed by atoms with Gasteiger partial charge in [0.15, 0.2) is 0 Å². The molecule has 0 bridgehead atoms. The third-order valence-electron chi connectivity index (χ3n) is 3.64. The number of nitro groups is 2. The zero-order chi connectivity index (χ0) is 17.9. The van der Waals surface area contributed by atoms with Gasteiger partial charge in [0.2, 0.25) is 0 Å². The molecule has 1 unspecified atom stereocenters. The Bertz CT molecular complexity index is 671. The monoisotopic (exact) mass is 337 g/mol. The summed E-state index contributed by atoms with van der Waals surface area (Å²) < 4.78 is 4.92. The smallest absolute Gasteiger partial charge is 0.328 e. The molecule has 0 aromatic heterocycles. The Labute approximate surface area is 136 Å². The molecule has 1 aromatic carbocycles. The first-order chi connectivity index (χ1) is 11.3. The predicted octanol–water partition coefficient (Wildman–Crippen LogP) is 1.67. The second-order valence-electron chi connectivity index (χ2n) is 5.16. The van der Waals surface area contributed by atoms with E-state index in [4.69, 9.17) is 4.74 Å². The number of hydrogen-bond donors (Lipinski definition) is 0. The first-order valence-electron chi connectivity index (χ1n) is 7.26. The highest BCUT2D eigenvalue weighted by atomic mass is 16.6. The average Bonchev–Trinajstić information content (AvgIpc) is 3.03. The number of nitrogens with zero attached hydrogens (tertiary/aromatic N) is 3. The summed E-state index contributed by atoms with van der Waals surface area (Å²) in [6.45, 7) is 2.08. The maximum absolute atomic E-state index is 12.6. The highest BCUT2D eigenvalue weighted by molar-refractivity contribution is 5.98. The lowest BCUT2D eigenvalue weighted by Crippen LogP contribution is -2.41. The van der Waals surface area contributed by atoms with E-state index in [0.717, 1.165) is 18.2 Å². The van der Waals surface area contributed by atoms with Crippen molar-refractivity contribution in [1.29, 1.82) is 0 Å². The van der Waals surface area contributed by atoms with Gasteiger partial charge in [-0.2, -0.15) is 0 Å². The number of rotatable bonds is 5. The molecule has 1 heterocycles. The Morgan fingerprint density at radius 2 is 1.79 bits per heavy atom. The molecular formula is C14H15N3O7. The summed E-state index contributed by atoms with van der Waals surface area (Å²) in [6, 6.07) is 1.94. The van der Waals surface area contributed by atoms with Crippen LogP contribution >= 0.6 is 0 Å². The number of likely N-dealkylation sites (tertiary alicyclic amines) is 1. The molecule has 128 valence electrons. The molecule has 1 aliphatic heterocycles. The molecule has 1 atom stereocenters. The quantitative estimate of drug-likeness (QED) is 0.453. The van der Waals surface area contributed by atoms with Crippen molar-refractivity contribution in [3.63, 3.8) is 0 Å². The van der Waals surface area contributed by atoms with Gasteiger partial charge in [-0.25, -0.2) is 4.79 Å². The second-order valence-corrected chi connectivity index (χ2v) is 5.16. The summed E-state index contributed by atoms with van der Waals surface area (Å²) in [4.78, 5) is 45.9. The van der Waals surface area contributed by atoms with Crippen molar-refractivity contribution in [2.24, 2.45) is 0 Å². The van der Waals surface area contributed by atoms with Crippen LogP contribution in [0.5, 0.6) is 0 Å². The molecule has 1 aliphatic rings. The van der Waals surface area contributed by atoms with Crippen molar-refractivity contribution < 1.29 is 24.2 Å². The van der Waals surface area contributed by atoms with E-state index in [1.165, 1.54) is 4.90 Å². The van der Waals surface area contributed by atoms with Crippen LogP contribution < -0.4 is 0 Å². The lowest BCUT2D eigenvalue weighted by atomic mass is 10.1. The molecule has 0 spiro atoms. The number of benzene rings is 1. The van der Waals surface area contributed by atoms with E-state index in [1.54, 1.807) is 6.92 Å². The fraction of sp³-hybridized carbons (Fsp3) is 0.429. The van der Waals surface area contributed by atoms with Gasteiger partial charge in [-0.3, -0.25) is 25.0 Å². The molecule has 0 radical (unpaired) electrons. The highest BCUT2D eigenvalue weighted by Crippen LogP contribution is 2.26. The van der Waals surface area contributed by atoms with Crippen LogP contribution in [0, 0.1) is 20.2 Å². The molecule has 1 fully saturated rings. The highest BCUT2D eigenvalue weighted by Gasteiger charge is 2.36. The number of carbonyl (C=O) groups is 2. The molecule has 0 saturated carbocycles. The van der Waals surface area contributed by atoms with E-state index < -0.39 is 39.1 Å². The van der Waals surface area contributed by atoms with Crippen molar-refractivity contribution >= 4 is 23.3 Å². The lowest BCUT2D eigenvalue weighted by Gasteiger charge is -2.23. The average molecular weight is 337 g/mol. The Morgan fingerprint density at radius 3 is 2.29 bits per heavy atom. The predicted molar refractivity (Wildman–Crippen MR) is 80.4 cm³/mol. The molecule has 1 aromatic rings. The largest absolute Gasteiger partial charge is 0.464 e. The topological polar surface area (TPSA) is 133 Å². The van der Waals surface area contributed by atoms with Crippen LogP contribution in [0.1, 0.15) is 30.1 Å². The normalized spacial score (nSPS) is 16.7. The number of ether oxygens (including phenoxy) is 1. The fourth-order valence-corrected chi connectivity index (χ4v) is 2.59. The van der Waals surface area contributed by atoms with E-state index in [2.05, 4.69) is 0 Å². The summed E-state index contributed by atoms with van der Waals surface area (Å²) in [5.74, 6) is -1.22. The molecule has 10 nitrogen and oxygen atoms in total. The minimum Gasteiger partial charge on any atom is -0.464 e. The van der Waals surface area contributed by atoms with Crippen LogP contribution in [-0.2, 0) is 9.53 Å². The Hall–Kier alpha value is -3.04. The van der Waals surface area contributed by atoms with Gasteiger partial charge in [-0.05, 0) is 19.8 Å². The Balaban J connectivity index is 2.36. The van der Waals surface area contributed by atoms with Crippen molar-refractivity contribution in [2.45, 2.75) is 25.8 Å². The summed E-state index contributed by atoms with van der Waals surface area (Å²) >= 11 is 0. The van der Waals surface area contributed by atoms with Gasteiger partial charge in [0.1, 0.15) is 6.04 Å². The van der Waals surface area contributed by atoms with Gasteiger partial charge in [0.25, 0.3) is 17.3 Å². The number of esters is 1. The number of amides is 1. The number of non-ortho nitro benzene ring substituents is 2. The van der Waals surface area contributed by atoms with Gasteiger partial charge in [0.05, 0.1) is 28.1 Å². The first kappa shape index (κ1) is 17.3. The first-order valence-corrected chi connectivity index (χ1v) is 7.26. The Kier molecular flexibility index (Phi) is 5.07.